The zero-order valence-electron chi connectivity index (χ0n) is 12.1. The summed E-state index contributed by atoms with van der Waals surface area (Å²) in [5.41, 5.74) is 2.33. The van der Waals surface area contributed by atoms with E-state index >= 15 is 0 Å². The van der Waals surface area contributed by atoms with Crippen LogP contribution in [-0.4, -0.2) is 13.2 Å². The molecule has 0 aromatic heterocycles. The molecule has 2 aromatic rings. The molecule has 0 fully saturated rings. The van der Waals surface area contributed by atoms with Gasteiger partial charge in [0.1, 0.15) is 11.9 Å². The van der Waals surface area contributed by atoms with Crippen LogP contribution in [0.15, 0.2) is 48.5 Å². The van der Waals surface area contributed by atoms with E-state index in [0.717, 1.165) is 11.3 Å². The van der Waals surface area contributed by atoms with Crippen LogP contribution < -0.4 is 10.1 Å². The highest BCUT2D eigenvalue weighted by molar-refractivity contribution is 6.32. The highest BCUT2D eigenvalue weighted by Gasteiger charge is 2.19. The third-order valence-electron chi connectivity index (χ3n) is 3.34. The van der Waals surface area contributed by atoms with E-state index in [1.165, 1.54) is 5.56 Å². The van der Waals surface area contributed by atoms with Gasteiger partial charge >= 0.3 is 0 Å². The van der Waals surface area contributed by atoms with Gasteiger partial charge in [0.2, 0.25) is 0 Å². The average molecular weight is 290 g/mol. The van der Waals surface area contributed by atoms with Gasteiger partial charge in [-0.2, -0.15) is 0 Å². The first-order chi connectivity index (χ1) is 9.61. The van der Waals surface area contributed by atoms with Crippen molar-refractivity contribution in [2.45, 2.75) is 26.0 Å². The second kappa shape index (κ2) is 6.78. The molecule has 0 bridgehead atoms. The number of likely N-dealkylation sites (N-methyl/N-ethyl adjacent to an activating group) is 1. The highest BCUT2D eigenvalue weighted by atomic mass is 35.5. The van der Waals surface area contributed by atoms with Gasteiger partial charge in [0, 0.05) is 0 Å². The number of aryl methyl sites for hydroxylation is 1. The van der Waals surface area contributed by atoms with Crippen LogP contribution >= 0.6 is 11.6 Å². The number of hydrogen-bond donors (Lipinski definition) is 1. The summed E-state index contributed by atoms with van der Waals surface area (Å²) in [6, 6.07) is 16.2. The monoisotopic (exact) mass is 289 g/mol. The normalized spacial score (nSPS) is 13.8. The molecule has 0 heterocycles. The molecule has 0 amide bonds. The average Bonchev–Trinajstić information content (AvgIpc) is 2.44. The van der Waals surface area contributed by atoms with Gasteiger partial charge in [-0.25, -0.2) is 0 Å². The van der Waals surface area contributed by atoms with Gasteiger partial charge in [0.25, 0.3) is 0 Å². The van der Waals surface area contributed by atoms with E-state index in [9.17, 15) is 0 Å². The summed E-state index contributed by atoms with van der Waals surface area (Å²) in [4.78, 5) is 0. The fourth-order valence-electron chi connectivity index (χ4n) is 2.30. The molecule has 2 unspecified atom stereocenters. The molecule has 0 spiro atoms. The van der Waals surface area contributed by atoms with E-state index < -0.39 is 0 Å². The van der Waals surface area contributed by atoms with Gasteiger partial charge in [0.15, 0.2) is 0 Å². The molecule has 0 aliphatic heterocycles. The van der Waals surface area contributed by atoms with Gasteiger partial charge in [-0.05, 0) is 44.2 Å². The molecule has 0 saturated carbocycles. The van der Waals surface area contributed by atoms with Crippen molar-refractivity contribution in [3.8, 4) is 5.75 Å². The van der Waals surface area contributed by atoms with E-state index in [2.05, 4.69) is 17.4 Å². The molecule has 2 rings (SSSR count). The summed E-state index contributed by atoms with van der Waals surface area (Å²) < 4.78 is 6.01. The Balaban J connectivity index is 2.15. The Bertz CT molecular complexity index is 556. The van der Waals surface area contributed by atoms with E-state index in [-0.39, 0.29) is 12.1 Å². The minimum absolute atomic E-state index is 0.0254. The van der Waals surface area contributed by atoms with E-state index in [1.807, 2.05) is 57.3 Å². The molecule has 20 heavy (non-hydrogen) atoms. The second-order valence-electron chi connectivity index (χ2n) is 4.93. The van der Waals surface area contributed by atoms with Crippen molar-refractivity contribution in [3.63, 3.8) is 0 Å². The van der Waals surface area contributed by atoms with Crippen molar-refractivity contribution in [3.05, 3.63) is 64.7 Å². The number of nitrogens with one attached hydrogen (secondary N) is 1. The first kappa shape index (κ1) is 14.9. The summed E-state index contributed by atoms with van der Waals surface area (Å²) in [6.07, 6.45) is -0.0254. The third kappa shape index (κ3) is 3.53. The standard InChI is InChI=1S/C17H20ClNO/c1-12-9-10-16(15(18)11-12)20-13(2)17(19-3)14-7-5-4-6-8-14/h4-11,13,17,19H,1-3H3. The van der Waals surface area contributed by atoms with E-state index in [1.54, 1.807) is 0 Å². The van der Waals surface area contributed by atoms with Crippen molar-refractivity contribution in [1.29, 1.82) is 0 Å². The Labute approximate surface area is 125 Å². The first-order valence-corrected chi connectivity index (χ1v) is 7.14. The van der Waals surface area contributed by atoms with Crippen LogP contribution in [0.2, 0.25) is 5.02 Å². The Morgan fingerprint density at radius 3 is 2.40 bits per heavy atom. The number of halogens is 1. The van der Waals surface area contributed by atoms with Crippen molar-refractivity contribution in [2.24, 2.45) is 0 Å². The molecule has 0 aliphatic carbocycles. The molecule has 0 saturated heterocycles. The number of hydrogen-bond acceptors (Lipinski definition) is 2. The fourth-order valence-corrected chi connectivity index (χ4v) is 2.58. The molecule has 106 valence electrons. The molecule has 0 radical (unpaired) electrons. The zero-order chi connectivity index (χ0) is 14.5. The molecule has 3 heteroatoms. The minimum Gasteiger partial charge on any atom is -0.487 e. The summed E-state index contributed by atoms with van der Waals surface area (Å²) >= 11 is 6.22. The largest absolute Gasteiger partial charge is 0.487 e. The number of benzene rings is 2. The lowest BCUT2D eigenvalue weighted by Gasteiger charge is -2.25. The lowest BCUT2D eigenvalue weighted by atomic mass is 10.0. The fraction of sp³-hybridized carbons (Fsp3) is 0.294. The third-order valence-corrected chi connectivity index (χ3v) is 3.63. The van der Waals surface area contributed by atoms with Crippen LogP contribution in [0.25, 0.3) is 0 Å². The van der Waals surface area contributed by atoms with Gasteiger partial charge < -0.3 is 10.1 Å². The lowest BCUT2D eigenvalue weighted by Crippen LogP contribution is -2.31. The highest BCUT2D eigenvalue weighted by Crippen LogP contribution is 2.28. The van der Waals surface area contributed by atoms with Crippen LogP contribution in [-0.2, 0) is 0 Å². The molecule has 0 aliphatic rings. The van der Waals surface area contributed by atoms with Gasteiger partial charge in [-0.15, -0.1) is 0 Å². The Morgan fingerprint density at radius 2 is 1.80 bits per heavy atom. The van der Waals surface area contributed by atoms with Crippen LogP contribution in [0.1, 0.15) is 24.1 Å². The summed E-state index contributed by atoms with van der Waals surface area (Å²) in [5.74, 6) is 0.723. The lowest BCUT2D eigenvalue weighted by molar-refractivity contribution is 0.175. The number of ether oxygens (including phenoxy) is 1. The van der Waals surface area contributed by atoms with Crippen molar-refractivity contribution >= 4 is 11.6 Å². The van der Waals surface area contributed by atoms with Gasteiger partial charge in [-0.1, -0.05) is 48.0 Å². The van der Waals surface area contributed by atoms with Crippen molar-refractivity contribution in [2.75, 3.05) is 7.05 Å². The van der Waals surface area contributed by atoms with Crippen LogP contribution in [0, 0.1) is 6.92 Å². The van der Waals surface area contributed by atoms with Gasteiger partial charge in [-0.3, -0.25) is 0 Å². The molecule has 2 atom stereocenters. The van der Waals surface area contributed by atoms with Crippen LogP contribution in [0.3, 0.4) is 0 Å². The predicted molar refractivity (Wildman–Crippen MR) is 84.5 cm³/mol. The smallest absolute Gasteiger partial charge is 0.138 e. The molecule has 1 N–H and O–H groups in total. The Hall–Kier alpha value is -1.51. The minimum atomic E-state index is -0.0254. The molecule has 2 nitrogen and oxygen atoms in total. The summed E-state index contributed by atoms with van der Waals surface area (Å²) in [6.45, 7) is 4.06. The molecule has 2 aromatic carbocycles. The van der Waals surface area contributed by atoms with Crippen molar-refractivity contribution in [1.82, 2.24) is 5.32 Å². The quantitative estimate of drug-likeness (QED) is 0.882. The maximum absolute atomic E-state index is 6.22. The maximum atomic E-state index is 6.22. The van der Waals surface area contributed by atoms with Crippen LogP contribution in [0.4, 0.5) is 0 Å². The summed E-state index contributed by atoms with van der Waals surface area (Å²) in [7, 11) is 1.94. The molecular weight excluding hydrogens is 270 g/mol. The second-order valence-corrected chi connectivity index (χ2v) is 5.34. The molecular formula is C17H20ClNO. The predicted octanol–water partition coefficient (Wildman–Crippen LogP) is 4.38. The summed E-state index contributed by atoms with van der Waals surface area (Å²) in [5, 5.41) is 3.95. The topological polar surface area (TPSA) is 21.3 Å². The van der Waals surface area contributed by atoms with E-state index in [4.69, 9.17) is 16.3 Å². The number of rotatable bonds is 5. The van der Waals surface area contributed by atoms with E-state index in [0.29, 0.717) is 5.02 Å². The maximum Gasteiger partial charge on any atom is 0.138 e. The first-order valence-electron chi connectivity index (χ1n) is 6.77. The van der Waals surface area contributed by atoms with Crippen molar-refractivity contribution < 1.29 is 4.74 Å². The Morgan fingerprint density at radius 1 is 1.10 bits per heavy atom. The Kier molecular flexibility index (Phi) is 5.05. The zero-order valence-corrected chi connectivity index (χ0v) is 12.8. The van der Waals surface area contributed by atoms with Crippen LogP contribution in [0.5, 0.6) is 5.75 Å². The van der Waals surface area contributed by atoms with Gasteiger partial charge in [0.05, 0.1) is 11.1 Å². The SMILES string of the molecule is CNC(c1ccccc1)C(C)Oc1ccc(C)cc1Cl.